The summed E-state index contributed by atoms with van der Waals surface area (Å²) in [6.45, 7) is 1.46. The molecular formula is C20H18N4O3. The van der Waals surface area contributed by atoms with Crippen molar-refractivity contribution >= 4 is 17.3 Å². The first-order valence-electron chi connectivity index (χ1n) is 8.59. The van der Waals surface area contributed by atoms with Gasteiger partial charge in [0.05, 0.1) is 24.1 Å². The molecule has 1 aliphatic rings. The summed E-state index contributed by atoms with van der Waals surface area (Å²) >= 11 is 0. The fourth-order valence-corrected chi connectivity index (χ4v) is 2.65. The van der Waals surface area contributed by atoms with Crippen molar-refractivity contribution in [3.8, 4) is 11.5 Å². The van der Waals surface area contributed by atoms with Gasteiger partial charge in [0.15, 0.2) is 11.5 Å². The quantitative estimate of drug-likeness (QED) is 0.726. The van der Waals surface area contributed by atoms with Crippen LogP contribution in [0.4, 0.5) is 11.4 Å². The molecule has 0 atom stereocenters. The molecule has 1 amide bonds. The highest BCUT2D eigenvalue weighted by molar-refractivity contribution is 5.92. The van der Waals surface area contributed by atoms with Gasteiger partial charge in [0.1, 0.15) is 18.9 Å². The molecule has 3 aromatic rings. The van der Waals surface area contributed by atoms with Crippen LogP contribution in [0.15, 0.2) is 60.9 Å². The lowest BCUT2D eigenvalue weighted by Crippen LogP contribution is -2.24. The zero-order chi connectivity index (χ0) is 18.5. The standard InChI is InChI=1S/C20H18N4O3/c25-20(23-12-15-3-1-2-8-21-15)17-6-4-16(13-22-17)24-14-5-7-18-19(11-14)27-10-9-26-18/h1-8,11,13,24H,9-10,12H2,(H,23,25). The summed E-state index contributed by atoms with van der Waals surface area (Å²) in [4.78, 5) is 20.6. The number of amides is 1. The van der Waals surface area contributed by atoms with Gasteiger partial charge >= 0.3 is 0 Å². The largest absolute Gasteiger partial charge is 0.486 e. The zero-order valence-electron chi connectivity index (χ0n) is 14.5. The molecule has 0 saturated heterocycles. The lowest BCUT2D eigenvalue weighted by molar-refractivity contribution is 0.0945. The zero-order valence-corrected chi connectivity index (χ0v) is 14.5. The minimum absolute atomic E-state index is 0.244. The van der Waals surface area contributed by atoms with Gasteiger partial charge in [-0.15, -0.1) is 0 Å². The topological polar surface area (TPSA) is 85.4 Å². The summed E-state index contributed by atoms with van der Waals surface area (Å²) in [5, 5.41) is 6.04. The number of rotatable bonds is 5. The van der Waals surface area contributed by atoms with Gasteiger partial charge < -0.3 is 20.1 Å². The molecule has 0 saturated carbocycles. The molecule has 2 aromatic heterocycles. The highest BCUT2D eigenvalue weighted by Crippen LogP contribution is 2.33. The van der Waals surface area contributed by atoms with E-state index in [0.717, 1.165) is 22.8 Å². The summed E-state index contributed by atoms with van der Waals surface area (Å²) in [6.07, 6.45) is 3.31. The number of carbonyl (C=O) groups is 1. The first kappa shape index (κ1) is 16.8. The smallest absolute Gasteiger partial charge is 0.270 e. The second kappa shape index (κ2) is 7.74. The fraction of sp³-hybridized carbons (Fsp3) is 0.150. The molecule has 0 radical (unpaired) electrons. The molecule has 1 aromatic carbocycles. The Bertz CT molecular complexity index is 930. The Labute approximate surface area is 156 Å². The maximum atomic E-state index is 12.2. The van der Waals surface area contributed by atoms with E-state index < -0.39 is 0 Å². The summed E-state index contributed by atoms with van der Waals surface area (Å²) in [6, 6.07) is 14.7. The van der Waals surface area contributed by atoms with Crippen LogP contribution in [0, 0.1) is 0 Å². The van der Waals surface area contributed by atoms with Crippen LogP contribution in [0.5, 0.6) is 11.5 Å². The second-order valence-electron chi connectivity index (χ2n) is 5.92. The molecule has 0 spiro atoms. The lowest BCUT2D eigenvalue weighted by Gasteiger charge is -2.19. The van der Waals surface area contributed by atoms with Crippen LogP contribution in [0.1, 0.15) is 16.2 Å². The Morgan fingerprint density at radius 1 is 0.963 bits per heavy atom. The van der Waals surface area contributed by atoms with E-state index in [-0.39, 0.29) is 5.91 Å². The first-order valence-corrected chi connectivity index (χ1v) is 8.59. The van der Waals surface area contributed by atoms with E-state index in [1.165, 1.54) is 0 Å². The van der Waals surface area contributed by atoms with Crippen LogP contribution in [0.25, 0.3) is 0 Å². The second-order valence-corrected chi connectivity index (χ2v) is 5.92. The van der Waals surface area contributed by atoms with Crippen molar-refractivity contribution in [2.75, 3.05) is 18.5 Å². The third-order valence-electron chi connectivity index (χ3n) is 3.98. The van der Waals surface area contributed by atoms with Crippen LogP contribution >= 0.6 is 0 Å². The molecular weight excluding hydrogens is 344 g/mol. The SMILES string of the molecule is O=C(NCc1ccccn1)c1ccc(Nc2ccc3c(c2)OCCO3)cn1. The molecule has 0 unspecified atom stereocenters. The number of fused-ring (bicyclic) bond motifs is 1. The third-order valence-corrected chi connectivity index (χ3v) is 3.98. The molecule has 0 fully saturated rings. The van der Waals surface area contributed by atoms with E-state index in [4.69, 9.17) is 9.47 Å². The van der Waals surface area contributed by atoms with Gasteiger partial charge in [-0.25, -0.2) is 4.98 Å². The van der Waals surface area contributed by atoms with Crippen molar-refractivity contribution in [1.82, 2.24) is 15.3 Å². The number of nitrogens with zero attached hydrogens (tertiary/aromatic N) is 2. The van der Waals surface area contributed by atoms with E-state index in [1.807, 2.05) is 36.4 Å². The number of nitrogens with one attached hydrogen (secondary N) is 2. The molecule has 0 bridgehead atoms. The van der Waals surface area contributed by atoms with Crippen LogP contribution < -0.4 is 20.1 Å². The molecule has 3 heterocycles. The number of hydrogen-bond acceptors (Lipinski definition) is 6. The molecule has 7 nitrogen and oxygen atoms in total. The van der Waals surface area contributed by atoms with Crippen LogP contribution in [-0.4, -0.2) is 29.1 Å². The van der Waals surface area contributed by atoms with Gasteiger partial charge in [-0.1, -0.05) is 6.07 Å². The first-order chi connectivity index (χ1) is 13.3. The Hall–Kier alpha value is -3.61. The Kier molecular flexibility index (Phi) is 4.82. The van der Waals surface area contributed by atoms with E-state index in [1.54, 1.807) is 24.5 Å². The number of aromatic nitrogens is 2. The van der Waals surface area contributed by atoms with Gasteiger partial charge in [-0.05, 0) is 36.4 Å². The van der Waals surface area contributed by atoms with Crippen molar-refractivity contribution < 1.29 is 14.3 Å². The normalized spacial score (nSPS) is 12.3. The van der Waals surface area contributed by atoms with Crippen LogP contribution in [0.3, 0.4) is 0 Å². The van der Waals surface area contributed by atoms with E-state index in [2.05, 4.69) is 20.6 Å². The minimum atomic E-state index is -0.244. The Balaban J connectivity index is 1.38. The monoisotopic (exact) mass is 362 g/mol. The molecule has 7 heteroatoms. The summed E-state index contributed by atoms with van der Waals surface area (Å²) < 4.78 is 11.1. The molecule has 4 rings (SSSR count). The number of benzene rings is 1. The highest BCUT2D eigenvalue weighted by atomic mass is 16.6. The number of anilines is 2. The maximum Gasteiger partial charge on any atom is 0.270 e. The van der Waals surface area contributed by atoms with Crippen LogP contribution in [-0.2, 0) is 6.54 Å². The molecule has 1 aliphatic heterocycles. The predicted molar refractivity (Wildman–Crippen MR) is 100 cm³/mol. The minimum Gasteiger partial charge on any atom is -0.486 e. The summed E-state index contributed by atoms with van der Waals surface area (Å²) in [5.74, 6) is 1.21. The molecule has 2 N–H and O–H groups in total. The predicted octanol–water partition coefficient (Wildman–Crippen LogP) is 2.92. The van der Waals surface area contributed by atoms with Crippen LogP contribution in [0.2, 0.25) is 0 Å². The number of hydrogen-bond donors (Lipinski definition) is 2. The van der Waals surface area contributed by atoms with Crippen molar-refractivity contribution in [3.63, 3.8) is 0 Å². The van der Waals surface area contributed by atoms with Crippen molar-refractivity contribution in [1.29, 1.82) is 0 Å². The van der Waals surface area contributed by atoms with Gasteiger partial charge in [0.2, 0.25) is 0 Å². The van der Waals surface area contributed by atoms with Crippen molar-refractivity contribution in [3.05, 3.63) is 72.3 Å². The third kappa shape index (κ3) is 4.14. The molecule has 27 heavy (non-hydrogen) atoms. The average molecular weight is 362 g/mol. The van der Waals surface area contributed by atoms with Crippen molar-refractivity contribution in [2.45, 2.75) is 6.54 Å². The Morgan fingerprint density at radius 3 is 2.59 bits per heavy atom. The Morgan fingerprint density at radius 2 is 1.81 bits per heavy atom. The number of pyridine rings is 2. The van der Waals surface area contributed by atoms with E-state index in [9.17, 15) is 4.79 Å². The number of carbonyl (C=O) groups excluding carboxylic acids is 1. The molecule has 136 valence electrons. The summed E-state index contributed by atoms with van der Waals surface area (Å²) in [7, 11) is 0. The summed E-state index contributed by atoms with van der Waals surface area (Å²) in [5.41, 5.74) is 2.77. The van der Waals surface area contributed by atoms with Gasteiger partial charge in [0.25, 0.3) is 5.91 Å². The van der Waals surface area contributed by atoms with E-state index in [0.29, 0.717) is 31.2 Å². The van der Waals surface area contributed by atoms with Gasteiger partial charge in [0, 0.05) is 18.0 Å². The van der Waals surface area contributed by atoms with Gasteiger partial charge in [-0.2, -0.15) is 0 Å². The average Bonchev–Trinajstić information content (AvgIpc) is 2.73. The fourth-order valence-electron chi connectivity index (χ4n) is 2.65. The van der Waals surface area contributed by atoms with Crippen molar-refractivity contribution in [2.24, 2.45) is 0 Å². The number of ether oxygens (including phenoxy) is 2. The van der Waals surface area contributed by atoms with E-state index >= 15 is 0 Å². The van der Waals surface area contributed by atoms with Gasteiger partial charge in [-0.3, -0.25) is 9.78 Å². The maximum absolute atomic E-state index is 12.2. The lowest BCUT2D eigenvalue weighted by atomic mass is 10.2. The highest BCUT2D eigenvalue weighted by Gasteiger charge is 2.12. The molecule has 0 aliphatic carbocycles.